The van der Waals surface area contributed by atoms with Crippen LogP contribution in [0.5, 0.6) is 0 Å². The average Bonchev–Trinajstić information content (AvgIpc) is 2.62. The van der Waals surface area contributed by atoms with Crippen LogP contribution in [0.3, 0.4) is 0 Å². The second-order valence-electron chi connectivity index (χ2n) is 2.58. The van der Waals surface area contributed by atoms with Gasteiger partial charge >= 0.3 is 0 Å². The summed E-state index contributed by atoms with van der Waals surface area (Å²) >= 11 is 3.52. The van der Waals surface area contributed by atoms with Gasteiger partial charge in [0.1, 0.15) is 0 Å². The van der Waals surface area contributed by atoms with E-state index in [0.717, 1.165) is 0 Å². The molecule has 2 heteroatoms. The maximum atomic E-state index is 3.15. The fourth-order valence-electron chi connectivity index (χ4n) is 1.32. The van der Waals surface area contributed by atoms with Gasteiger partial charge in [-0.3, -0.25) is 0 Å². The molecule has 3 aromatic rings. The minimum Gasteiger partial charge on any atom is -0.134 e. The van der Waals surface area contributed by atoms with Gasteiger partial charge in [0.2, 0.25) is 0 Å². The molecule has 0 saturated heterocycles. The highest BCUT2D eigenvalue weighted by Gasteiger charge is 2.03. The van der Waals surface area contributed by atoms with Gasteiger partial charge in [0.05, 0.1) is 4.70 Å². The molecule has 1 aromatic carbocycles. The van der Waals surface area contributed by atoms with Crippen molar-refractivity contribution in [2.75, 3.05) is 0 Å². The monoisotopic (exact) mass is 188 g/mol. The zero-order valence-corrected chi connectivity index (χ0v) is 7.76. The minimum atomic E-state index is 1.32. The Morgan fingerprint density at radius 1 is 1.17 bits per heavy atom. The first-order valence-corrected chi connectivity index (χ1v) is 5.26. The lowest BCUT2D eigenvalue weighted by Crippen LogP contribution is -1.58. The van der Waals surface area contributed by atoms with Gasteiger partial charge in [0.25, 0.3) is 0 Å². The largest absolute Gasteiger partial charge is 0.134 e. The van der Waals surface area contributed by atoms with Gasteiger partial charge < -0.3 is 0 Å². The number of benzene rings is 1. The molecule has 0 saturated carbocycles. The summed E-state index contributed by atoms with van der Waals surface area (Å²) in [7, 11) is 0. The number of rotatable bonds is 0. The fourth-order valence-corrected chi connectivity index (χ4v) is 3.41. The zero-order chi connectivity index (χ0) is 7.97. The average molecular weight is 188 g/mol. The second kappa shape index (κ2) is 2.31. The topological polar surface area (TPSA) is 0 Å². The van der Waals surface area contributed by atoms with Crippen LogP contribution in [0, 0.1) is 11.4 Å². The quantitative estimate of drug-likeness (QED) is 0.504. The molecule has 0 aliphatic rings. The molecule has 0 aliphatic heterocycles. The molecule has 2 aromatic heterocycles. The number of hydrogen-bond donors (Lipinski definition) is 0. The second-order valence-corrected chi connectivity index (χ2v) is 4.51. The molecule has 0 aliphatic carbocycles. The third-order valence-corrected chi connectivity index (χ3v) is 3.99. The molecule has 2 heterocycles. The van der Waals surface area contributed by atoms with Gasteiger partial charge in [-0.15, -0.1) is 22.7 Å². The minimum absolute atomic E-state index is 1.32. The lowest BCUT2D eigenvalue weighted by atomic mass is 10.2. The highest BCUT2D eigenvalue weighted by Crippen LogP contribution is 2.36. The number of fused-ring (bicyclic) bond motifs is 3. The van der Waals surface area contributed by atoms with Crippen LogP contribution in [0.1, 0.15) is 0 Å². The first-order valence-electron chi connectivity index (χ1n) is 3.63. The molecule has 12 heavy (non-hydrogen) atoms. The molecule has 0 atom stereocenters. The van der Waals surface area contributed by atoms with E-state index in [-0.39, 0.29) is 0 Å². The van der Waals surface area contributed by atoms with Crippen LogP contribution in [0.4, 0.5) is 0 Å². The SMILES string of the molecule is [c]1ccc2sc3c[c]sc3c2c1. The van der Waals surface area contributed by atoms with Crippen molar-refractivity contribution in [3.05, 3.63) is 35.7 Å². The van der Waals surface area contributed by atoms with Crippen LogP contribution in [0.25, 0.3) is 19.5 Å². The molecule has 0 amide bonds. The Hall–Kier alpha value is -0.860. The normalized spacial score (nSPS) is 11.3. The standard InChI is InChI=1S/C10H4S2/c1-2-4-8-7(3-1)10-9(12-8)5-6-11-10/h2-5H. The van der Waals surface area contributed by atoms with Gasteiger partial charge in [0.15, 0.2) is 0 Å². The van der Waals surface area contributed by atoms with Crippen molar-refractivity contribution in [1.82, 2.24) is 0 Å². The Balaban J connectivity index is 2.68. The van der Waals surface area contributed by atoms with Crippen LogP contribution in [-0.2, 0) is 0 Å². The number of thiophene rings is 2. The summed E-state index contributed by atoms with van der Waals surface area (Å²) in [6.07, 6.45) is 0. The van der Waals surface area contributed by atoms with E-state index in [2.05, 4.69) is 29.6 Å². The molecule has 2 radical (unpaired) electrons. The Morgan fingerprint density at radius 3 is 3.17 bits per heavy atom. The van der Waals surface area contributed by atoms with Crippen molar-refractivity contribution in [3.63, 3.8) is 0 Å². The van der Waals surface area contributed by atoms with Crippen molar-refractivity contribution in [1.29, 1.82) is 0 Å². The van der Waals surface area contributed by atoms with Crippen molar-refractivity contribution < 1.29 is 0 Å². The lowest BCUT2D eigenvalue weighted by molar-refractivity contribution is 1.84. The molecular weight excluding hydrogens is 184 g/mol. The Morgan fingerprint density at radius 2 is 2.17 bits per heavy atom. The van der Waals surface area contributed by atoms with Crippen molar-refractivity contribution >= 4 is 42.2 Å². The van der Waals surface area contributed by atoms with Crippen LogP contribution in [-0.4, -0.2) is 0 Å². The van der Waals surface area contributed by atoms with Crippen LogP contribution >= 0.6 is 22.7 Å². The highest BCUT2D eigenvalue weighted by atomic mass is 32.1. The summed E-state index contributed by atoms with van der Waals surface area (Å²) in [6.45, 7) is 0. The molecule has 0 bridgehead atoms. The lowest BCUT2D eigenvalue weighted by Gasteiger charge is -1.83. The van der Waals surface area contributed by atoms with Crippen molar-refractivity contribution in [2.24, 2.45) is 0 Å². The molecule has 0 unspecified atom stereocenters. The Bertz CT molecular complexity index is 530. The third kappa shape index (κ3) is 0.765. The summed E-state index contributed by atoms with van der Waals surface area (Å²) in [4.78, 5) is 0. The highest BCUT2D eigenvalue weighted by molar-refractivity contribution is 7.31. The molecule has 0 spiro atoms. The first kappa shape index (κ1) is 6.63. The van der Waals surface area contributed by atoms with Crippen molar-refractivity contribution in [2.45, 2.75) is 0 Å². The van der Waals surface area contributed by atoms with E-state index in [1.165, 1.54) is 19.5 Å². The van der Waals surface area contributed by atoms with Crippen LogP contribution in [0.2, 0.25) is 0 Å². The predicted molar refractivity (Wildman–Crippen MR) is 54.9 cm³/mol. The summed E-state index contributed by atoms with van der Waals surface area (Å²) < 4.78 is 4.05. The molecule has 56 valence electrons. The van der Waals surface area contributed by atoms with E-state index >= 15 is 0 Å². The van der Waals surface area contributed by atoms with Crippen LogP contribution in [0.15, 0.2) is 24.3 Å². The summed E-state index contributed by atoms with van der Waals surface area (Å²) in [5.41, 5.74) is 0. The van der Waals surface area contributed by atoms with Crippen molar-refractivity contribution in [3.8, 4) is 0 Å². The molecule has 0 nitrogen and oxygen atoms in total. The van der Waals surface area contributed by atoms with Crippen LogP contribution < -0.4 is 0 Å². The summed E-state index contributed by atoms with van der Waals surface area (Å²) in [6, 6.07) is 11.3. The van der Waals surface area contributed by atoms with E-state index in [0.29, 0.717) is 0 Å². The smallest absolute Gasteiger partial charge is 0.0536 e. The summed E-state index contributed by atoms with van der Waals surface area (Å²) in [5, 5.41) is 4.47. The Labute approximate surface area is 78.1 Å². The van der Waals surface area contributed by atoms with Gasteiger partial charge in [-0.25, -0.2) is 0 Å². The van der Waals surface area contributed by atoms with E-state index in [1.807, 2.05) is 17.4 Å². The molecule has 3 rings (SSSR count). The van der Waals surface area contributed by atoms with E-state index < -0.39 is 0 Å². The van der Waals surface area contributed by atoms with E-state index in [9.17, 15) is 0 Å². The fraction of sp³-hybridized carbons (Fsp3) is 0. The Kier molecular flexibility index (Phi) is 1.28. The van der Waals surface area contributed by atoms with Gasteiger partial charge in [0, 0.05) is 20.2 Å². The number of hydrogen-bond acceptors (Lipinski definition) is 2. The maximum absolute atomic E-state index is 3.15. The van der Waals surface area contributed by atoms with Gasteiger partial charge in [-0.1, -0.05) is 6.07 Å². The molecule has 0 N–H and O–H groups in total. The van der Waals surface area contributed by atoms with Gasteiger partial charge in [-0.05, 0) is 24.3 Å². The van der Waals surface area contributed by atoms with Gasteiger partial charge in [-0.2, -0.15) is 0 Å². The summed E-state index contributed by atoms with van der Waals surface area (Å²) in [5.74, 6) is 0. The predicted octanol–water partition coefficient (Wildman–Crippen LogP) is 3.72. The third-order valence-electron chi connectivity index (χ3n) is 1.86. The van der Waals surface area contributed by atoms with E-state index in [1.54, 1.807) is 11.3 Å². The molecule has 0 fully saturated rings. The maximum Gasteiger partial charge on any atom is 0.0536 e. The molecular formula is C10H4S2. The van der Waals surface area contributed by atoms with E-state index in [4.69, 9.17) is 0 Å². The first-order chi connectivity index (χ1) is 5.95. The zero-order valence-electron chi connectivity index (χ0n) is 6.13.